The minimum atomic E-state index is -1.48. The van der Waals surface area contributed by atoms with Crippen molar-refractivity contribution in [2.24, 2.45) is 0 Å². The Morgan fingerprint density at radius 2 is 2.25 bits per heavy atom. The van der Waals surface area contributed by atoms with Gasteiger partial charge in [0.15, 0.2) is 0 Å². The smallest absolute Gasteiger partial charge is 0.450 e. The Labute approximate surface area is 45.4 Å². The molecule has 0 aromatic carbocycles. The van der Waals surface area contributed by atoms with Gasteiger partial charge in [-0.05, 0) is 0 Å². The Balaban J connectivity index is 3.24. The van der Waals surface area contributed by atoms with Crippen molar-refractivity contribution in [2.75, 3.05) is 0 Å². The molecular weight excluding hydrogens is 116 g/mol. The summed E-state index contributed by atoms with van der Waals surface area (Å²) in [6.45, 7) is 1.24. The molecule has 0 aliphatic heterocycles. The highest BCUT2D eigenvalue weighted by Gasteiger charge is 2.04. The molecule has 1 unspecified atom stereocenters. The maximum atomic E-state index is 9.56. The molecule has 0 amide bonds. The van der Waals surface area contributed by atoms with E-state index in [0.717, 1.165) is 0 Å². The second-order valence-electron chi connectivity index (χ2n) is 1.06. The zero-order chi connectivity index (χ0) is 6.57. The van der Waals surface area contributed by atoms with Crippen molar-refractivity contribution in [3.8, 4) is 0 Å². The SMILES string of the molecule is CC(OO)OC(=O)O. The summed E-state index contributed by atoms with van der Waals surface area (Å²) in [6.07, 6.45) is -2.60. The predicted octanol–water partition coefficient (Wildman–Crippen LogP) is 0.517. The number of carbonyl (C=O) groups is 1. The predicted molar refractivity (Wildman–Crippen MR) is 22.3 cm³/mol. The summed E-state index contributed by atoms with van der Waals surface area (Å²) in [5.41, 5.74) is 0. The van der Waals surface area contributed by atoms with Crippen molar-refractivity contribution in [1.29, 1.82) is 0 Å². The average molecular weight is 122 g/mol. The van der Waals surface area contributed by atoms with Gasteiger partial charge in [-0.15, -0.1) is 0 Å². The molecular formula is C3H6O5. The molecule has 5 nitrogen and oxygen atoms in total. The summed E-state index contributed by atoms with van der Waals surface area (Å²) in [7, 11) is 0. The van der Waals surface area contributed by atoms with E-state index in [4.69, 9.17) is 10.4 Å². The van der Waals surface area contributed by atoms with Gasteiger partial charge in [-0.1, -0.05) is 0 Å². The lowest BCUT2D eigenvalue weighted by Crippen LogP contribution is -2.14. The van der Waals surface area contributed by atoms with Gasteiger partial charge in [0.1, 0.15) is 0 Å². The largest absolute Gasteiger partial charge is 0.508 e. The van der Waals surface area contributed by atoms with Crippen LogP contribution in [0.15, 0.2) is 0 Å². The van der Waals surface area contributed by atoms with Gasteiger partial charge in [0, 0.05) is 6.92 Å². The molecule has 8 heavy (non-hydrogen) atoms. The van der Waals surface area contributed by atoms with Crippen LogP contribution in [0.5, 0.6) is 0 Å². The van der Waals surface area contributed by atoms with Gasteiger partial charge in [-0.25, -0.2) is 10.1 Å². The van der Waals surface area contributed by atoms with E-state index in [9.17, 15) is 4.79 Å². The molecule has 1 atom stereocenters. The van der Waals surface area contributed by atoms with Crippen molar-refractivity contribution < 1.29 is 24.8 Å². The first-order chi connectivity index (χ1) is 3.66. The van der Waals surface area contributed by atoms with Crippen LogP contribution in [0.4, 0.5) is 4.79 Å². The Morgan fingerprint density at radius 1 is 1.75 bits per heavy atom. The molecule has 0 heterocycles. The summed E-state index contributed by atoms with van der Waals surface area (Å²) < 4.78 is 3.84. The Morgan fingerprint density at radius 3 is 2.38 bits per heavy atom. The maximum absolute atomic E-state index is 9.56. The van der Waals surface area contributed by atoms with Gasteiger partial charge < -0.3 is 9.84 Å². The topological polar surface area (TPSA) is 76.0 Å². The molecule has 0 rings (SSSR count). The highest BCUT2D eigenvalue weighted by Crippen LogP contribution is 1.88. The highest BCUT2D eigenvalue weighted by molar-refractivity contribution is 5.56. The van der Waals surface area contributed by atoms with Crippen molar-refractivity contribution >= 4 is 6.16 Å². The highest BCUT2D eigenvalue weighted by atomic mass is 17.1. The van der Waals surface area contributed by atoms with Crippen LogP contribution in [-0.4, -0.2) is 22.8 Å². The molecule has 0 bridgehead atoms. The van der Waals surface area contributed by atoms with E-state index in [-0.39, 0.29) is 0 Å². The minimum Gasteiger partial charge on any atom is -0.450 e. The standard InChI is InChI=1S/C3H6O5/c1-2(8-6)7-3(4)5/h2,6H,1H3,(H,4,5). The van der Waals surface area contributed by atoms with E-state index in [1.165, 1.54) is 6.92 Å². The van der Waals surface area contributed by atoms with E-state index in [0.29, 0.717) is 0 Å². The molecule has 0 radical (unpaired) electrons. The van der Waals surface area contributed by atoms with Crippen molar-refractivity contribution in [3.63, 3.8) is 0 Å². The Bertz CT molecular complexity index is 79.7. The average Bonchev–Trinajstić information content (AvgIpc) is 1.65. The zero-order valence-electron chi connectivity index (χ0n) is 4.20. The molecule has 0 aromatic heterocycles. The van der Waals surface area contributed by atoms with E-state index in [2.05, 4.69) is 9.62 Å². The lowest BCUT2D eigenvalue weighted by molar-refractivity contribution is -0.327. The summed E-state index contributed by atoms with van der Waals surface area (Å²) in [5.74, 6) is 0. The molecule has 0 saturated carbocycles. The molecule has 5 heteroatoms. The van der Waals surface area contributed by atoms with Gasteiger partial charge in [0.25, 0.3) is 0 Å². The molecule has 0 aliphatic rings. The fourth-order valence-electron chi connectivity index (χ4n) is 0.163. The van der Waals surface area contributed by atoms with Crippen LogP contribution < -0.4 is 0 Å². The molecule has 0 aromatic rings. The third-order valence-corrected chi connectivity index (χ3v) is 0.415. The van der Waals surface area contributed by atoms with Crippen LogP contribution in [0.1, 0.15) is 6.92 Å². The molecule has 0 spiro atoms. The van der Waals surface area contributed by atoms with E-state index < -0.39 is 12.4 Å². The number of carboxylic acid groups (broad SMARTS) is 1. The number of ether oxygens (including phenoxy) is 1. The van der Waals surface area contributed by atoms with Crippen LogP contribution in [0.25, 0.3) is 0 Å². The van der Waals surface area contributed by atoms with Crippen LogP contribution in [0.2, 0.25) is 0 Å². The van der Waals surface area contributed by atoms with Crippen LogP contribution >= 0.6 is 0 Å². The minimum absolute atomic E-state index is 1.12. The second-order valence-corrected chi connectivity index (χ2v) is 1.06. The summed E-state index contributed by atoms with van der Waals surface area (Å²) in [5, 5.41) is 15.5. The number of hydrogen-bond acceptors (Lipinski definition) is 4. The van der Waals surface area contributed by atoms with Gasteiger partial charge in [-0.2, -0.15) is 4.89 Å². The summed E-state index contributed by atoms with van der Waals surface area (Å²) in [4.78, 5) is 13.0. The van der Waals surface area contributed by atoms with Crippen LogP contribution in [0.3, 0.4) is 0 Å². The molecule has 48 valence electrons. The van der Waals surface area contributed by atoms with E-state index in [1.54, 1.807) is 0 Å². The maximum Gasteiger partial charge on any atom is 0.508 e. The summed E-state index contributed by atoms with van der Waals surface area (Å²) in [6, 6.07) is 0. The zero-order valence-corrected chi connectivity index (χ0v) is 4.20. The van der Waals surface area contributed by atoms with E-state index >= 15 is 0 Å². The quantitative estimate of drug-likeness (QED) is 0.241. The van der Waals surface area contributed by atoms with Gasteiger partial charge >= 0.3 is 6.16 Å². The normalized spacial score (nSPS) is 12.8. The molecule has 2 N–H and O–H groups in total. The lowest BCUT2D eigenvalue weighted by Gasteiger charge is -2.03. The van der Waals surface area contributed by atoms with Crippen LogP contribution in [-0.2, 0) is 9.62 Å². The van der Waals surface area contributed by atoms with Gasteiger partial charge in [0.05, 0.1) is 0 Å². The summed E-state index contributed by atoms with van der Waals surface area (Å²) >= 11 is 0. The first kappa shape index (κ1) is 7.19. The third kappa shape index (κ3) is 3.38. The second kappa shape index (κ2) is 3.23. The molecule has 0 saturated heterocycles. The fraction of sp³-hybridized carbons (Fsp3) is 0.667. The van der Waals surface area contributed by atoms with Crippen LogP contribution in [0, 0.1) is 0 Å². The lowest BCUT2D eigenvalue weighted by atomic mass is 10.8. The number of rotatable bonds is 2. The first-order valence-corrected chi connectivity index (χ1v) is 1.86. The number of hydrogen-bond donors (Lipinski definition) is 2. The van der Waals surface area contributed by atoms with Gasteiger partial charge in [-0.3, -0.25) is 0 Å². The fourth-order valence-corrected chi connectivity index (χ4v) is 0.163. The van der Waals surface area contributed by atoms with Gasteiger partial charge in [0.2, 0.25) is 6.29 Å². The Hall–Kier alpha value is -0.810. The monoisotopic (exact) mass is 122 g/mol. The molecule has 0 fully saturated rings. The van der Waals surface area contributed by atoms with Crippen molar-refractivity contribution in [2.45, 2.75) is 13.2 Å². The third-order valence-electron chi connectivity index (χ3n) is 0.415. The van der Waals surface area contributed by atoms with Crippen molar-refractivity contribution in [3.05, 3.63) is 0 Å². The van der Waals surface area contributed by atoms with E-state index in [1.807, 2.05) is 0 Å². The first-order valence-electron chi connectivity index (χ1n) is 1.86. The Kier molecular flexibility index (Phi) is 2.90. The molecule has 0 aliphatic carbocycles. The van der Waals surface area contributed by atoms with Crippen molar-refractivity contribution in [1.82, 2.24) is 0 Å².